The molecule has 110 valence electrons. The van der Waals surface area contributed by atoms with Gasteiger partial charge in [0.05, 0.1) is 0 Å². The first-order valence-electron chi connectivity index (χ1n) is 6.76. The van der Waals surface area contributed by atoms with E-state index in [0.717, 1.165) is 35.3 Å². The lowest BCUT2D eigenvalue weighted by atomic mass is 10.1. The fourth-order valence-corrected chi connectivity index (χ4v) is 2.03. The Balaban J connectivity index is 2.64. The van der Waals surface area contributed by atoms with Crippen LogP contribution in [0.2, 0.25) is 0 Å². The Bertz CT molecular complexity index is 478. The van der Waals surface area contributed by atoms with Crippen LogP contribution in [0.3, 0.4) is 0 Å². The van der Waals surface area contributed by atoms with Crippen molar-refractivity contribution in [2.75, 3.05) is 13.2 Å². The maximum atomic E-state index is 11.6. The van der Waals surface area contributed by atoms with Crippen molar-refractivity contribution in [2.24, 2.45) is 5.73 Å². The molecule has 1 amide bonds. The first-order chi connectivity index (χ1) is 9.45. The number of carbonyl (C=O) groups excluding carboxylic acids is 1. The summed E-state index contributed by atoms with van der Waals surface area (Å²) >= 11 is 4.96. The zero-order valence-corrected chi connectivity index (χ0v) is 13.1. The molecule has 0 bridgehead atoms. The molecular weight excluding hydrogens is 272 g/mol. The minimum Gasteiger partial charge on any atom is -0.483 e. The quantitative estimate of drug-likeness (QED) is 0.598. The molecular formula is C15H22N2O2S. The lowest BCUT2D eigenvalue weighted by molar-refractivity contribution is -0.123. The molecule has 0 fully saturated rings. The van der Waals surface area contributed by atoms with Crippen LogP contribution < -0.4 is 15.8 Å². The van der Waals surface area contributed by atoms with Gasteiger partial charge in [-0.1, -0.05) is 25.6 Å². The van der Waals surface area contributed by atoms with Crippen LogP contribution in [0.5, 0.6) is 5.75 Å². The third-order valence-electron chi connectivity index (χ3n) is 2.94. The number of nitrogens with two attached hydrogens (primary N) is 1. The van der Waals surface area contributed by atoms with Crippen molar-refractivity contribution in [1.29, 1.82) is 0 Å². The van der Waals surface area contributed by atoms with Gasteiger partial charge in [-0.3, -0.25) is 4.79 Å². The molecule has 0 aliphatic carbocycles. The summed E-state index contributed by atoms with van der Waals surface area (Å²) in [6, 6.07) is 3.75. The van der Waals surface area contributed by atoms with Gasteiger partial charge in [0.15, 0.2) is 6.61 Å². The molecule has 0 aromatic heterocycles. The minimum atomic E-state index is -0.101. The summed E-state index contributed by atoms with van der Waals surface area (Å²) in [5.41, 5.74) is 8.28. The van der Waals surface area contributed by atoms with Crippen molar-refractivity contribution in [3.05, 3.63) is 28.8 Å². The van der Waals surface area contributed by atoms with Gasteiger partial charge in [-0.05, 0) is 43.5 Å². The Morgan fingerprint density at radius 3 is 2.45 bits per heavy atom. The summed E-state index contributed by atoms with van der Waals surface area (Å²) < 4.78 is 5.60. The first kappa shape index (κ1) is 16.4. The fraction of sp³-hybridized carbons (Fsp3) is 0.467. The van der Waals surface area contributed by atoms with Gasteiger partial charge in [-0.25, -0.2) is 0 Å². The van der Waals surface area contributed by atoms with E-state index in [1.165, 1.54) is 0 Å². The zero-order valence-electron chi connectivity index (χ0n) is 12.3. The number of hydrogen-bond donors (Lipinski definition) is 2. The van der Waals surface area contributed by atoms with E-state index >= 15 is 0 Å². The van der Waals surface area contributed by atoms with Gasteiger partial charge in [-0.15, -0.1) is 0 Å². The molecule has 1 aromatic rings. The molecule has 0 heterocycles. The van der Waals surface area contributed by atoms with Gasteiger partial charge < -0.3 is 15.8 Å². The summed E-state index contributed by atoms with van der Waals surface area (Å²) in [6.45, 7) is 6.63. The van der Waals surface area contributed by atoms with Crippen molar-refractivity contribution in [3.8, 4) is 5.75 Å². The maximum absolute atomic E-state index is 11.6. The number of nitrogens with one attached hydrogen (secondary N) is 1. The van der Waals surface area contributed by atoms with Gasteiger partial charge >= 0.3 is 0 Å². The van der Waals surface area contributed by atoms with Crippen LogP contribution in [-0.4, -0.2) is 24.0 Å². The largest absolute Gasteiger partial charge is 0.483 e. The Morgan fingerprint density at radius 1 is 1.35 bits per heavy atom. The van der Waals surface area contributed by atoms with Crippen LogP contribution in [0.15, 0.2) is 12.1 Å². The highest BCUT2D eigenvalue weighted by Crippen LogP contribution is 2.24. The monoisotopic (exact) mass is 294 g/mol. The topological polar surface area (TPSA) is 64.3 Å². The highest BCUT2D eigenvalue weighted by Gasteiger charge is 2.10. The molecule has 5 heteroatoms. The molecule has 0 atom stereocenters. The number of aryl methyl sites for hydroxylation is 2. The Morgan fingerprint density at radius 2 is 1.95 bits per heavy atom. The highest BCUT2D eigenvalue weighted by atomic mass is 32.1. The second-order valence-electron chi connectivity index (χ2n) is 4.80. The second-order valence-corrected chi connectivity index (χ2v) is 5.24. The molecule has 0 unspecified atom stereocenters. The van der Waals surface area contributed by atoms with Crippen molar-refractivity contribution in [2.45, 2.75) is 33.6 Å². The molecule has 0 radical (unpaired) electrons. The smallest absolute Gasteiger partial charge is 0.257 e. The van der Waals surface area contributed by atoms with E-state index in [9.17, 15) is 4.79 Å². The molecule has 3 N–H and O–H groups in total. The molecule has 0 aliphatic rings. The summed E-state index contributed by atoms with van der Waals surface area (Å²) in [5, 5.41) is 2.82. The molecule has 0 spiro atoms. The number of carbonyl (C=O) groups is 1. The van der Waals surface area contributed by atoms with E-state index < -0.39 is 0 Å². The molecule has 1 aromatic carbocycles. The molecule has 4 nitrogen and oxygen atoms in total. The van der Waals surface area contributed by atoms with Crippen molar-refractivity contribution in [1.82, 2.24) is 5.32 Å². The third kappa shape index (κ3) is 4.81. The molecule has 1 rings (SSSR count). The maximum Gasteiger partial charge on any atom is 0.257 e. The molecule has 0 aliphatic heterocycles. The molecule has 0 saturated heterocycles. The average molecular weight is 294 g/mol. The van der Waals surface area contributed by atoms with E-state index in [0.29, 0.717) is 11.5 Å². The predicted octanol–water partition coefficient (Wildman–Crippen LogP) is 2.23. The lowest BCUT2D eigenvalue weighted by Gasteiger charge is -2.13. The van der Waals surface area contributed by atoms with E-state index in [2.05, 4.69) is 12.2 Å². The first-order valence-corrected chi connectivity index (χ1v) is 7.17. The molecule has 20 heavy (non-hydrogen) atoms. The number of rotatable bonds is 7. The Kier molecular flexibility index (Phi) is 6.45. The number of hydrogen-bond acceptors (Lipinski definition) is 3. The van der Waals surface area contributed by atoms with E-state index in [1.54, 1.807) is 0 Å². The summed E-state index contributed by atoms with van der Waals surface area (Å²) in [4.78, 5) is 12.0. The van der Waals surface area contributed by atoms with Crippen LogP contribution in [0.4, 0.5) is 0 Å². The van der Waals surface area contributed by atoms with Gasteiger partial charge in [-0.2, -0.15) is 0 Å². The summed E-state index contributed by atoms with van der Waals surface area (Å²) in [5.74, 6) is 0.617. The van der Waals surface area contributed by atoms with Crippen LogP contribution in [0.25, 0.3) is 0 Å². The van der Waals surface area contributed by atoms with Gasteiger partial charge in [0.1, 0.15) is 10.7 Å². The zero-order chi connectivity index (χ0) is 15.1. The summed E-state index contributed by atoms with van der Waals surface area (Å²) in [6.07, 6.45) is 2.03. The highest BCUT2D eigenvalue weighted by molar-refractivity contribution is 7.80. The van der Waals surface area contributed by atoms with Crippen molar-refractivity contribution < 1.29 is 9.53 Å². The minimum absolute atomic E-state index is 0.0256. The number of unbranched alkanes of at least 4 members (excludes halogenated alkanes) is 1. The molecule has 0 saturated carbocycles. The van der Waals surface area contributed by atoms with Gasteiger partial charge in [0, 0.05) is 12.1 Å². The number of thiocarbonyl (C=S) groups is 1. The fourth-order valence-electron chi connectivity index (χ4n) is 1.91. The van der Waals surface area contributed by atoms with Crippen LogP contribution in [-0.2, 0) is 4.79 Å². The average Bonchev–Trinajstić information content (AvgIpc) is 2.37. The Hall–Kier alpha value is -1.62. The van der Waals surface area contributed by atoms with Crippen LogP contribution >= 0.6 is 12.2 Å². The van der Waals surface area contributed by atoms with E-state index in [-0.39, 0.29) is 12.5 Å². The van der Waals surface area contributed by atoms with Gasteiger partial charge in [0.2, 0.25) is 0 Å². The normalized spacial score (nSPS) is 10.2. The van der Waals surface area contributed by atoms with Crippen LogP contribution in [0, 0.1) is 13.8 Å². The SMILES string of the molecule is CCCCNC(=O)COc1c(C)cc(C(N)=S)cc1C. The Labute approximate surface area is 125 Å². The van der Waals surface area contributed by atoms with Gasteiger partial charge in [0.25, 0.3) is 5.91 Å². The third-order valence-corrected chi connectivity index (χ3v) is 3.18. The van der Waals surface area contributed by atoms with Crippen LogP contribution in [0.1, 0.15) is 36.5 Å². The van der Waals surface area contributed by atoms with Crippen molar-refractivity contribution in [3.63, 3.8) is 0 Å². The summed E-state index contributed by atoms with van der Waals surface area (Å²) in [7, 11) is 0. The number of benzene rings is 1. The lowest BCUT2D eigenvalue weighted by Crippen LogP contribution is -2.29. The van der Waals surface area contributed by atoms with E-state index in [1.807, 2.05) is 26.0 Å². The number of amides is 1. The number of ether oxygens (including phenoxy) is 1. The van der Waals surface area contributed by atoms with E-state index in [4.69, 9.17) is 22.7 Å². The second kappa shape index (κ2) is 7.85. The standard InChI is InChI=1S/C15H22N2O2S/c1-4-5-6-17-13(18)9-19-14-10(2)7-12(15(16)20)8-11(14)3/h7-8H,4-6,9H2,1-3H3,(H2,16,20)(H,17,18). The van der Waals surface area contributed by atoms with Crippen molar-refractivity contribution >= 4 is 23.1 Å². The predicted molar refractivity (Wildman–Crippen MR) is 85.2 cm³/mol.